The third kappa shape index (κ3) is 3.20. The number of aliphatic hydroxyl groups is 1. The highest BCUT2D eigenvalue weighted by Crippen LogP contribution is 2.19. The van der Waals surface area contributed by atoms with Gasteiger partial charge in [-0.05, 0) is 31.4 Å². The van der Waals surface area contributed by atoms with Crippen LogP contribution in [0.4, 0.5) is 0 Å². The number of pyridine rings is 1. The molecule has 0 radical (unpaired) electrons. The number of aromatic nitrogens is 1. The predicted octanol–water partition coefficient (Wildman–Crippen LogP) is 2.07. The Hall–Kier alpha value is -1.68. The van der Waals surface area contributed by atoms with Crippen LogP contribution >= 0.6 is 0 Å². The normalized spacial score (nSPS) is 22.8. The molecule has 0 aliphatic heterocycles. The predicted molar refractivity (Wildman–Crippen MR) is 74.8 cm³/mol. The van der Waals surface area contributed by atoms with Crippen LogP contribution in [-0.4, -0.2) is 28.1 Å². The van der Waals surface area contributed by atoms with Crippen molar-refractivity contribution >= 4 is 12.0 Å². The summed E-state index contributed by atoms with van der Waals surface area (Å²) in [5, 5.41) is 12.8. The smallest absolute Gasteiger partial charge is 0.253 e. The Labute approximate surface area is 113 Å². The van der Waals surface area contributed by atoms with Crippen molar-refractivity contribution in [2.75, 3.05) is 0 Å². The van der Waals surface area contributed by atoms with E-state index in [0.29, 0.717) is 5.56 Å². The molecule has 1 aromatic heterocycles. The molecular weight excluding hydrogens is 240 g/mol. The van der Waals surface area contributed by atoms with Crippen LogP contribution in [0.3, 0.4) is 0 Å². The number of hydrogen-bond donors (Lipinski definition) is 2. The number of hydrogen-bond acceptors (Lipinski definition) is 3. The number of carbonyl (C=O) groups is 1. The SMILES string of the molecule is C=Cc1cc(C(=O)N[C@H]2CCCC[C@@H]2O)cnc1C. The van der Waals surface area contributed by atoms with E-state index in [4.69, 9.17) is 0 Å². The van der Waals surface area contributed by atoms with Crippen LogP contribution < -0.4 is 5.32 Å². The summed E-state index contributed by atoms with van der Waals surface area (Å²) in [7, 11) is 0. The zero-order chi connectivity index (χ0) is 13.8. The van der Waals surface area contributed by atoms with E-state index in [2.05, 4.69) is 16.9 Å². The second-order valence-electron chi connectivity index (χ2n) is 5.03. The maximum atomic E-state index is 12.1. The Balaban J connectivity index is 2.09. The monoisotopic (exact) mass is 260 g/mol. The fourth-order valence-electron chi connectivity index (χ4n) is 2.41. The van der Waals surface area contributed by atoms with Gasteiger partial charge in [0.05, 0.1) is 17.7 Å². The molecule has 1 aromatic rings. The Morgan fingerprint density at radius 1 is 1.53 bits per heavy atom. The van der Waals surface area contributed by atoms with E-state index in [1.54, 1.807) is 18.3 Å². The molecule has 4 nitrogen and oxygen atoms in total. The van der Waals surface area contributed by atoms with Gasteiger partial charge in [-0.25, -0.2) is 0 Å². The lowest BCUT2D eigenvalue weighted by molar-refractivity contribution is 0.0717. The number of rotatable bonds is 3. The van der Waals surface area contributed by atoms with E-state index in [9.17, 15) is 9.90 Å². The average molecular weight is 260 g/mol. The number of amides is 1. The lowest BCUT2D eigenvalue weighted by Gasteiger charge is -2.28. The molecule has 0 bridgehead atoms. The molecule has 2 rings (SSSR count). The van der Waals surface area contributed by atoms with Crippen LogP contribution in [0.15, 0.2) is 18.8 Å². The molecule has 1 heterocycles. The topological polar surface area (TPSA) is 62.2 Å². The fraction of sp³-hybridized carbons (Fsp3) is 0.467. The van der Waals surface area contributed by atoms with Crippen molar-refractivity contribution in [3.63, 3.8) is 0 Å². The molecule has 2 atom stereocenters. The molecule has 0 saturated heterocycles. The molecule has 1 fully saturated rings. The van der Waals surface area contributed by atoms with Gasteiger partial charge < -0.3 is 10.4 Å². The van der Waals surface area contributed by atoms with Gasteiger partial charge in [0.1, 0.15) is 0 Å². The number of nitrogens with zero attached hydrogens (tertiary/aromatic N) is 1. The van der Waals surface area contributed by atoms with Crippen molar-refractivity contribution in [3.8, 4) is 0 Å². The van der Waals surface area contributed by atoms with Crippen molar-refractivity contribution in [2.45, 2.75) is 44.8 Å². The van der Waals surface area contributed by atoms with Crippen molar-refractivity contribution in [3.05, 3.63) is 35.7 Å². The zero-order valence-electron chi connectivity index (χ0n) is 11.2. The van der Waals surface area contributed by atoms with Crippen LogP contribution in [0, 0.1) is 6.92 Å². The first kappa shape index (κ1) is 13.7. The van der Waals surface area contributed by atoms with Gasteiger partial charge in [-0.3, -0.25) is 9.78 Å². The maximum Gasteiger partial charge on any atom is 0.253 e. The van der Waals surface area contributed by atoms with Crippen molar-refractivity contribution in [1.82, 2.24) is 10.3 Å². The highest BCUT2D eigenvalue weighted by Gasteiger charge is 2.24. The van der Waals surface area contributed by atoms with Crippen LogP contribution in [-0.2, 0) is 0 Å². The molecule has 1 saturated carbocycles. The van der Waals surface area contributed by atoms with Gasteiger partial charge in [-0.2, -0.15) is 0 Å². The summed E-state index contributed by atoms with van der Waals surface area (Å²) in [6.07, 6.45) is 6.48. The molecule has 4 heteroatoms. The quantitative estimate of drug-likeness (QED) is 0.874. The zero-order valence-corrected chi connectivity index (χ0v) is 11.2. The number of aryl methyl sites for hydroxylation is 1. The minimum Gasteiger partial charge on any atom is -0.391 e. The van der Waals surface area contributed by atoms with Crippen LogP contribution in [0.5, 0.6) is 0 Å². The van der Waals surface area contributed by atoms with Gasteiger partial charge in [0.2, 0.25) is 0 Å². The van der Waals surface area contributed by atoms with E-state index in [1.165, 1.54) is 0 Å². The summed E-state index contributed by atoms with van der Waals surface area (Å²) < 4.78 is 0. The Morgan fingerprint density at radius 3 is 2.95 bits per heavy atom. The molecule has 1 aliphatic rings. The van der Waals surface area contributed by atoms with Crippen molar-refractivity contribution < 1.29 is 9.90 Å². The van der Waals surface area contributed by atoms with Gasteiger partial charge in [-0.15, -0.1) is 0 Å². The maximum absolute atomic E-state index is 12.1. The Bertz CT molecular complexity index is 485. The summed E-state index contributed by atoms with van der Waals surface area (Å²) in [4.78, 5) is 16.3. The minimum absolute atomic E-state index is 0.144. The Kier molecular flexibility index (Phi) is 4.32. The molecule has 0 spiro atoms. The summed E-state index contributed by atoms with van der Waals surface area (Å²) in [5.74, 6) is -0.179. The molecule has 2 N–H and O–H groups in total. The third-order valence-electron chi connectivity index (χ3n) is 3.65. The lowest BCUT2D eigenvalue weighted by Crippen LogP contribution is -2.45. The summed E-state index contributed by atoms with van der Waals surface area (Å²) in [5.41, 5.74) is 2.22. The van der Waals surface area contributed by atoms with Crippen LogP contribution in [0.2, 0.25) is 0 Å². The van der Waals surface area contributed by atoms with Gasteiger partial charge in [0.25, 0.3) is 5.91 Å². The molecule has 0 aromatic carbocycles. The molecular formula is C15H20N2O2. The molecule has 102 valence electrons. The number of carbonyl (C=O) groups excluding carboxylic acids is 1. The van der Waals surface area contributed by atoms with Crippen molar-refractivity contribution in [2.24, 2.45) is 0 Å². The molecule has 1 amide bonds. The number of nitrogens with one attached hydrogen (secondary N) is 1. The first-order valence-electron chi connectivity index (χ1n) is 6.70. The summed E-state index contributed by atoms with van der Waals surface area (Å²) in [6.45, 7) is 5.59. The fourth-order valence-corrected chi connectivity index (χ4v) is 2.41. The molecule has 0 unspecified atom stereocenters. The lowest BCUT2D eigenvalue weighted by atomic mass is 9.92. The standard InChI is InChI=1S/C15H20N2O2/c1-3-11-8-12(9-16-10(11)2)15(19)17-13-6-4-5-7-14(13)18/h3,8-9,13-14,18H,1,4-7H2,2H3,(H,17,19)/t13-,14-/m0/s1. The minimum atomic E-state index is -0.435. The third-order valence-corrected chi connectivity index (χ3v) is 3.65. The Morgan fingerprint density at radius 2 is 2.26 bits per heavy atom. The van der Waals surface area contributed by atoms with Crippen LogP contribution in [0.25, 0.3) is 6.08 Å². The van der Waals surface area contributed by atoms with E-state index in [-0.39, 0.29) is 11.9 Å². The highest BCUT2D eigenvalue weighted by atomic mass is 16.3. The van der Waals surface area contributed by atoms with Crippen LogP contribution in [0.1, 0.15) is 47.3 Å². The second-order valence-corrected chi connectivity index (χ2v) is 5.03. The summed E-state index contributed by atoms with van der Waals surface area (Å²) in [6, 6.07) is 1.63. The van der Waals surface area contributed by atoms with Gasteiger partial charge in [0, 0.05) is 11.9 Å². The van der Waals surface area contributed by atoms with E-state index >= 15 is 0 Å². The molecule has 1 aliphatic carbocycles. The molecule has 19 heavy (non-hydrogen) atoms. The van der Waals surface area contributed by atoms with Gasteiger partial charge >= 0.3 is 0 Å². The summed E-state index contributed by atoms with van der Waals surface area (Å²) >= 11 is 0. The first-order valence-corrected chi connectivity index (χ1v) is 6.70. The van der Waals surface area contributed by atoms with Gasteiger partial charge in [-0.1, -0.05) is 25.5 Å². The van der Waals surface area contributed by atoms with E-state index < -0.39 is 6.10 Å². The van der Waals surface area contributed by atoms with Crippen molar-refractivity contribution in [1.29, 1.82) is 0 Å². The van der Waals surface area contributed by atoms with Gasteiger partial charge in [0.15, 0.2) is 0 Å². The number of aliphatic hydroxyl groups excluding tert-OH is 1. The van der Waals surface area contributed by atoms with E-state index in [0.717, 1.165) is 36.9 Å². The second kappa shape index (κ2) is 5.97. The van der Waals surface area contributed by atoms with E-state index in [1.807, 2.05) is 6.92 Å². The average Bonchev–Trinajstić information content (AvgIpc) is 2.42. The highest BCUT2D eigenvalue weighted by molar-refractivity contribution is 5.94. The largest absolute Gasteiger partial charge is 0.391 e. The first-order chi connectivity index (χ1) is 9.11.